The van der Waals surface area contributed by atoms with Gasteiger partial charge in [-0.25, -0.2) is 4.98 Å². The topological polar surface area (TPSA) is 104 Å². The van der Waals surface area contributed by atoms with Crippen LogP contribution >= 0.6 is 0 Å². The number of amides is 1. The van der Waals surface area contributed by atoms with Gasteiger partial charge in [0.2, 0.25) is 5.91 Å². The van der Waals surface area contributed by atoms with Gasteiger partial charge in [0.1, 0.15) is 11.9 Å². The van der Waals surface area contributed by atoms with E-state index < -0.39 is 0 Å². The largest absolute Gasteiger partial charge is 0.396 e. The highest BCUT2D eigenvalue weighted by atomic mass is 16.3. The Morgan fingerprint density at radius 1 is 1.21 bits per heavy atom. The predicted octanol–water partition coefficient (Wildman–Crippen LogP) is 2.58. The average Bonchev–Trinajstić information content (AvgIpc) is 3.57. The number of nitrogens with zero attached hydrogens (tertiary/aromatic N) is 2. The first kappa shape index (κ1) is 19.3. The maximum Gasteiger partial charge on any atom is 0.228 e. The first-order valence-electron chi connectivity index (χ1n) is 9.91. The molecular weight excluding hydrogens is 368 g/mol. The number of Topliss-reactive ketones (excluding diaryl/α,β-unsaturated/α-hetero) is 1. The molecule has 1 aliphatic carbocycles. The zero-order chi connectivity index (χ0) is 20.4. The van der Waals surface area contributed by atoms with E-state index in [2.05, 4.69) is 20.6 Å². The summed E-state index contributed by atoms with van der Waals surface area (Å²) in [5.74, 6) is 0.768. The second-order valence-electron chi connectivity index (χ2n) is 7.60. The third kappa shape index (κ3) is 4.35. The van der Waals surface area contributed by atoms with Gasteiger partial charge in [-0.15, -0.1) is 0 Å². The molecule has 7 heteroatoms. The maximum absolute atomic E-state index is 12.2. The molecule has 2 aromatic rings. The monoisotopic (exact) mass is 392 g/mol. The van der Waals surface area contributed by atoms with Crippen LogP contribution < -0.4 is 10.6 Å². The van der Waals surface area contributed by atoms with E-state index in [1.54, 1.807) is 12.4 Å². The van der Waals surface area contributed by atoms with Gasteiger partial charge in [-0.05, 0) is 43.9 Å². The molecular formula is C22H24N4O3. The first-order chi connectivity index (χ1) is 14.0. The number of nitrogens with one attached hydrogen (secondary N) is 2. The highest BCUT2D eigenvalue weighted by molar-refractivity contribution is 5.96. The van der Waals surface area contributed by atoms with E-state index in [1.807, 2.05) is 31.3 Å². The Balaban J connectivity index is 1.50. The predicted molar refractivity (Wildman–Crippen MR) is 111 cm³/mol. The van der Waals surface area contributed by atoms with Crippen LogP contribution in [0.1, 0.15) is 38.3 Å². The van der Waals surface area contributed by atoms with E-state index in [4.69, 9.17) is 5.11 Å². The first-order valence-corrected chi connectivity index (χ1v) is 9.91. The molecule has 2 aromatic heterocycles. The Kier molecular flexibility index (Phi) is 5.40. The molecule has 0 spiro atoms. The number of rotatable bonds is 7. The Bertz CT molecular complexity index is 1020. The Labute approximate surface area is 168 Å². The normalized spacial score (nSPS) is 18.6. The molecule has 3 heterocycles. The molecule has 1 fully saturated rings. The maximum atomic E-state index is 12.2. The molecule has 0 aromatic carbocycles. The van der Waals surface area contributed by atoms with Crippen LogP contribution in [0.2, 0.25) is 0 Å². The number of carbonyl (C=O) groups is 2. The lowest BCUT2D eigenvalue weighted by molar-refractivity contribution is -0.120. The van der Waals surface area contributed by atoms with Gasteiger partial charge in [0.25, 0.3) is 0 Å². The summed E-state index contributed by atoms with van der Waals surface area (Å²) in [6.07, 6.45) is 9.95. The molecule has 0 radical (unpaired) electrons. The van der Waals surface area contributed by atoms with Gasteiger partial charge in [-0.1, -0.05) is 6.08 Å². The number of allylic oxidation sites excluding steroid dienone is 2. The number of aliphatic hydroxyl groups excluding tert-OH is 1. The minimum Gasteiger partial charge on any atom is -0.396 e. The number of anilines is 1. The summed E-state index contributed by atoms with van der Waals surface area (Å²) in [5, 5.41) is 16.7. The summed E-state index contributed by atoms with van der Waals surface area (Å²) in [5.41, 5.74) is 2.68. The van der Waals surface area contributed by atoms with Gasteiger partial charge in [-0.2, -0.15) is 0 Å². The fourth-order valence-electron chi connectivity index (χ4n) is 3.37. The van der Waals surface area contributed by atoms with Gasteiger partial charge in [-0.3, -0.25) is 14.6 Å². The number of ketones is 1. The summed E-state index contributed by atoms with van der Waals surface area (Å²) >= 11 is 0. The van der Waals surface area contributed by atoms with Gasteiger partial charge in [0.15, 0.2) is 5.78 Å². The van der Waals surface area contributed by atoms with Crippen LogP contribution in [-0.2, 0) is 9.59 Å². The second kappa shape index (κ2) is 8.13. The van der Waals surface area contributed by atoms with Crippen LogP contribution in [0.15, 0.2) is 42.4 Å². The van der Waals surface area contributed by atoms with Gasteiger partial charge >= 0.3 is 0 Å². The number of carbonyl (C=O) groups excluding carboxylic acids is 2. The molecule has 0 bridgehead atoms. The molecule has 4 rings (SSSR count). The van der Waals surface area contributed by atoms with E-state index in [0.29, 0.717) is 18.7 Å². The fourth-order valence-corrected chi connectivity index (χ4v) is 3.37. The standard InChI is InChI=1S/C22H24N4O3/c1-13-7-19(20(28)3-2-6-27)24-12-17(13)18-8-15-11-25-21(9-16(15)10-23-18)26-22(29)14-4-5-14/h7-12,14,19,24,27H,2-6H2,1H3,(H,25,26,29). The van der Waals surface area contributed by atoms with Crippen LogP contribution in [0.3, 0.4) is 0 Å². The second-order valence-corrected chi connectivity index (χ2v) is 7.60. The lowest BCUT2D eigenvalue weighted by Crippen LogP contribution is -2.34. The molecule has 29 heavy (non-hydrogen) atoms. The van der Waals surface area contributed by atoms with E-state index >= 15 is 0 Å². The zero-order valence-corrected chi connectivity index (χ0v) is 16.3. The molecule has 1 unspecified atom stereocenters. The van der Waals surface area contributed by atoms with Crippen LogP contribution in [-0.4, -0.2) is 39.4 Å². The third-order valence-corrected chi connectivity index (χ3v) is 5.26. The summed E-state index contributed by atoms with van der Waals surface area (Å²) in [6.45, 7) is 1.98. The van der Waals surface area contributed by atoms with Crippen molar-refractivity contribution in [1.82, 2.24) is 15.3 Å². The summed E-state index contributed by atoms with van der Waals surface area (Å²) in [4.78, 5) is 33.0. The Hall–Kier alpha value is -3.06. The molecule has 150 valence electrons. The van der Waals surface area contributed by atoms with Crippen molar-refractivity contribution in [3.05, 3.63) is 48.1 Å². The highest BCUT2D eigenvalue weighted by Crippen LogP contribution is 2.31. The summed E-state index contributed by atoms with van der Waals surface area (Å²) in [6, 6.07) is 3.41. The summed E-state index contributed by atoms with van der Waals surface area (Å²) in [7, 11) is 0. The fraction of sp³-hybridized carbons (Fsp3) is 0.364. The minimum atomic E-state index is -0.370. The number of hydrogen-bond acceptors (Lipinski definition) is 6. The van der Waals surface area contributed by atoms with Crippen molar-refractivity contribution in [3.8, 4) is 0 Å². The number of dihydropyridines is 1. The van der Waals surface area contributed by atoms with Gasteiger partial charge in [0, 0.05) is 53.9 Å². The zero-order valence-electron chi connectivity index (χ0n) is 16.3. The summed E-state index contributed by atoms with van der Waals surface area (Å²) < 4.78 is 0. The van der Waals surface area contributed by atoms with Crippen molar-refractivity contribution in [3.63, 3.8) is 0 Å². The Morgan fingerprint density at radius 2 is 1.97 bits per heavy atom. The van der Waals surface area contributed by atoms with Crippen LogP contribution in [0.5, 0.6) is 0 Å². The smallest absolute Gasteiger partial charge is 0.228 e. The molecule has 1 atom stereocenters. The van der Waals surface area contributed by atoms with Crippen LogP contribution in [0, 0.1) is 5.92 Å². The quantitative estimate of drug-likeness (QED) is 0.669. The van der Waals surface area contributed by atoms with Crippen molar-refractivity contribution in [2.24, 2.45) is 5.92 Å². The molecule has 2 aliphatic rings. The molecule has 3 N–H and O–H groups in total. The van der Waals surface area contributed by atoms with Crippen molar-refractivity contribution >= 4 is 33.9 Å². The van der Waals surface area contributed by atoms with E-state index in [1.165, 1.54) is 0 Å². The Morgan fingerprint density at radius 3 is 2.69 bits per heavy atom. The highest BCUT2D eigenvalue weighted by Gasteiger charge is 2.29. The molecule has 1 aliphatic heterocycles. The SMILES string of the molecule is CC1=CC(C(=O)CCCO)NC=C1c1cc2cnc(NC(=O)C3CC3)cc2cn1. The average molecular weight is 392 g/mol. The van der Waals surface area contributed by atoms with E-state index in [-0.39, 0.29) is 30.3 Å². The van der Waals surface area contributed by atoms with Crippen molar-refractivity contribution in [2.75, 3.05) is 11.9 Å². The third-order valence-electron chi connectivity index (χ3n) is 5.26. The van der Waals surface area contributed by atoms with Crippen molar-refractivity contribution in [1.29, 1.82) is 0 Å². The van der Waals surface area contributed by atoms with E-state index in [9.17, 15) is 9.59 Å². The minimum absolute atomic E-state index is 0.0171. The molecule has 1 amide bonds. The molecule has 1 saturated carbocycles. The number of aromatic nitrogens is 2. The number of pyridine rings is 2. The van der Waals surface area contributed by atoms with Crippen LogP contribution in [0.4, 0.5) is 5.82 Å². The van der Waals surface area contributed by atoms with Gasteiger partial charge in [0.05, 0.1) is 5.69 Å². The number of fused-ring (bicyclic) bond motifs is 1. The van der Waals surface area contributed by atoms with E-state index in [0.717, 1.165) is 40.5 Å². The molecule has 0 saturated heterocycles. The van der Waals surface area contributed by atoms with Crippen LogP contribution in [0.25, 0.3) is 16.3 Å². The number of aliphatic hydroxyl groups is 1. The van der Waals surface area contributed by atoms with Gasteiger partial charge < -0.3 is 15.7 Å². The lowest BCUT2D eigenvalue weighted by Gasteiger charge is -2.21. The lowest BCUT2D eigenvalue weighted by atomic mass is 9.95. The van der Waals surface area contributed by atoms with Crippen molar-refractivity contribution < 1.29 is 14.7 Å². The van der Waals surface area contributed by atoms with Crippen molar-refractivity contribution in [2.45, 2.75) is 38.6 Å². The number of hydrogen-bond donors (Lipinski definition) is 3. The molecule has 7 nitrogen and oxygen atoms in total.